The Morgan fingerprint density at radius 1 is 1.40 bits per heavy atom. The van der Waals surface area contributed by atoms with Crippen molar-refractivity contribution in [1.29, 1.82) is 0 Å². The highest BCUT2D eigenvalue weighted by Gasteiger charge is 2.18. The Morgan fingerprint density at radius 2 is 2.20 bits per heavy atom. The Morgan fingerprint density at radius 3 is 2.90 bits per heavy atom. The van der Waals surface area contributed by atoms with Gasteiger partial charge in [0.25, 0.3) is 5.56 Å². The van der Waals surface area contributed by atoms with Gasteiger partial charge < -0.3 is 10.4 Å². The Labute approximate surface area is 115 Å². The Balaban J connectivity index is 2.21. The van der Waals surface area contributed by atoms with Crippen LogP contribution in [0.5, 0.6) is 5.75 Å². The summed E-state index contributed by atoms with van der Waals surface area (Å²) in [4.78, 5) is 24.8. The molecule has 1 atom stereocenters. The number of aromatic nitrogens is 2. The van der Waals surface area contributed by atoms with Gasteiger partial charge in [-0.15, -0.1) is 0 Å². The van der Waals surface area contributed by atoms with Crippen LogP contribution in [0.1, 0.15) is 12.8 Å². The summed E-state index contributed by atoms with van der Waals surface area (Å²) in [7, 11) is 1.64. The van der Waals surface area contributed by atoms with Gasteiger partial charge in [-0.2, -0.15) is 0 Å². The number of phenolic OH excluding ortho intramolecular Hbond substituents is 1. The quantitative estimate of drug-likeness (QED) is 0.818. The lowest BCUT2D eigenvalue weighted by molar-refractivity contribution is 0.472. The minimum Gasteiger partial charge on any atom is -0.508 e. The molecule has 6 nitrogen and oxygen atoms in total. The van der Waals surface area contributed by atoms with Crippen molar-refractivity contribution < 1.29 is 5.11 Å². The summed E-state index contributed by atoms with van der Waals surface area (Å²) in [5, 5.41) is 13.2. The molecular weight excluding hydrogens is 258 g/mol. The van der Waals surface area contributed by atoms with Crippen LogP contribution in [0.15, 0.2) is 27.8 Å². The van der Waals surface area contributed by atoms with Crippen molar-refractivity contribution in [2.24, 2.45) is 7.05 Å². The van der Waals surface area contributed by atoms with Gasteiger partial charge in [-0.1, -0.05) is 0 Å². The van der Waals surface area contributed by atoms with Crippen molar-refractivity contribution in [1.82, 2.24) is 14.5 Å². The minimum absolute atomic E-state index is 0.0267. The first-order valence-electron chi connectivity index (χ1n) is 6.74. The number of nitrogens with one attached hydrogen (secondary N) is 1. The van der Waals surface area contributed by atoms with Crippen molar-refractivity contribution in [3.05, 3.63) is 39.0 Å². The lowest BCUT2D eigenvalue weighted by Crippen LogP contribution is -2.43. The zero-order valence-electron chi connectivity index (χ0n) is 11.3. The number of fused-ring (bicyclic) bond motifs is 1. The molecule has 1 aromatic heterocycles. The fourth-order valence-corrected chi connectivity index (χ4v) is 2.80. The maximum atomic E-state index is 12.5. The summed E-state index contributed by atoms with van der Waals surface area (Å²) >= 11 is 0. The molecule has 1 unspecified atom stereocenters. The van der Waals surface area contributed by atoms with E-state index in [0.717, 1.165) is 19.4 Å². The second kappa shape index (κ2) is 4.79. The predicted molar refractivity (Wildman–Crippen MR) is 76.1 cm³/mol. The first-order chi connectivity index (χ1) is 9.58. The Hall–Kier alpha value is -2.08. The van der Waals surface area contributed by atoms with E-state index in [4.69, 9.17) is 0 Å². The standard InChI is InChI=1S/C14H17N3O3/c1-16-12-5-4-10(18)7-11(12)13(19)17(14(16)20)8-9-3-2-6-15-9/h4-5,7,9,15,18H,2-3,6,8H2,1H3. The molecule has 1 saturated heterocycles. The molecule has 0 saturated carbocycles. The van der Waals surface area contributed by atoms with Crippen molar-refractivity contribution in [2.45, 2.75) is 25.4 Å². The van der Waals surface area contributed by atoms with Gasteiger partial charge in [0.2, 0.25) is 0 Å². The third-order valence-electron chi connectivity index (χ3n) is 3.90. The molecule has 3 rings (SSSR count). The van der Waals surface area contributed by atoms with Gasteiger partial charge in [0.05, 0.1) is 10.9 Å². The van der Waals surface area contributed by atoms with Crippen LogP contribution in [0.4, 0.5) is 0 Å². The van der Waals surface area contributed by atoms with E-state index < -0.39 is 0 Å². The van der Waals surface area contributed by atoms with Gasteiger partial charge in [0.1, 0.15) is 5.75 Å². The van der Waals surface area contributed by atoms with Crippen LogP contribution < -0.4 is 16.6 Å². The second-order valence-corrected chi connectivity index (χ2v) is 5.25. The first-order valence-corrected chi connectivity index (χ1v) is 6.74. The van der Waals surface area contributed by atoms with Crippen LogP contribution in [0.25, 0.3) is 10.9 Å². The molecule has 20 heavy (non-hydrogen) atoms. The largest absolute Gasteiger partial charge is 0.508 e. The van der Waals surface area contributed by atoms with Crippen molar-refractivity contribution >= 4 is 10.9 Å². The molecule has 0 amide bonds. The highest BCUT2D eigenvalue weighted by molar-refractivity contribution is 5.79. The summed E-state index contributed by atoms with van der Waals surface area (Å²) in [5.74, 6) is 0.0267. The van der Waals surface area contributed by atoms with Crippen LogP contribution >= 0.6 is 0 Å². The fraction of sp³-hybridized carbons (Fsp3) is 0.429. The average Bonchev–Trinajstić information content (AvgIpc) is 2.94. The van der Waals surface area contributed by atoms with E-state index in [9.17, 15) is 14.7 Å². The van der Waals surface area contributed by atoms with Gasteiger partial charge >= 0.3 is 5.69 Å². The Kier molecular flexibility index (Phi) is 3.10. The van der Waals surface area contributed by atoms with Gasteiger partial charge in [0, 0.05) is 19.6 Å². The molecule has 0 spiro atoms. The van der Waals surface area contributed by atoms with E-state index in [1.165, 1.54) is 21.3 Å². The number of rotatable bonds is 2. The average molecular weight is 275 g/mol. The molecule has 106 valence electrons. The van der Waals surface area contributed by atoms with Gasteiger partial charge in [0.15, 0.2) is 0 Å². The number of hydrogen-bond acceptors (Lipinski definition) is 4. The fourth-order valence-electron chi connectivity index (χ4n) is 2.80. The van der Waals surface area contributed by atoms with Gasteiger partial charge in [-0.05, 0) is 37.6 Å². The maximum Gasteiger partial charge on any atom is 0.331 e. The van der Waals surface area contributed by atoms with Crippen LogP contribution in [-0.4, -0.2) is 26.8 Å². The number of benzene rings is 1. The molecular formula is C14H17N3O3. The topological polar surface area (TPSA) is 76.3 Å². The zero-order chi connectivity index (χ0) is 14.3. The molecule has 1 fully saturated rings. The molecule has 0 radical (unpaired) electrons. The van der Waals surface area contributed by atoms with E-state index in [1.807, 2.05) is 0 Å². The van der Waals surface area contributed by atoms with Crippen LogP contribution in [0.3, 0.4) is 0 Å². The SMILES string of the molecule is Cn1c(=O)n(CC2CCCN2)c(=O)c2cc(O)ccc21. The van der Waals surface area contributed by atoms with E-state index in [1.54, 1.807) is 13.1 Å². The highest BCUT2D eigenvalue weighted by Crippen LogP contribution is 2.15. The highest BCUT2D eigenvalue weighted by atomic mass is 16.3. The summed E-state index contributed by atoms with van der Waals surface area (Å²) < 4.78 is 2.70. The summed E-state index contributed by atoms with van der Waals surface area (Å²) in [6.45, 7) is 1.30. The van der Waals surface area contributed by atoms with E-state index in [0.29, 0.717) is 17.4 Å². The third-order valence-corrected chi connectivity index (χ3v) is 3.90. The smallest absolute Gasteiger partial charge is 0.331 e. The predicted octanol–water partition coefficient (Wildman–Crippen LogP) is 0.158. The second-order valence-electron chi connectivity index (χ2n) is 5.25. The number of phenols is 1. The lowest BCUT2D eigenvalue weighted by atomic mass is 10.2. The molecule has 2 N–H and O–H groups in total. The van der Waals surface area contributed by atoms with Crippen molar-refractivity contribution in [2.75, 3.05) is 6.54 Å². The minimum atomic E-state index is -0.340. The van der Waals surface area contributed by atoms with E-state index >= 15 is 0 Å². The van der Waals surface area contributed by atoms with Gasteiger partial charge in [-0.3, -0.25) is 13.9 Å². The number of hydrogen-bond donors (Lipinski definition) is 2. The summed E-state index contributed by atoms with van der Waals surface area (Å²) in [6, 6.07) is 4.64. The lowest BCUT2D eigenvalue weighted by Gasteiger charge is -2.14. The molecule has 6 heteroatoms. The summed E-state index contributed by atoms with van der Waals surface area (Å²) in [5.41, 5.74) is -0.122. The molecule has 0 aliphatic carbocycles. The number of aromatic hydroxyl groups is 1. The zero-order valence-corrected chi connectivity index (χ0v) is 11.3. The van der Waals surface area contributed by atoms with Crippen molar-refractivity contribution in [3.63, 3.8) is 0 Å². The van der Waals surface area contributed by atoms with Crippen LogP contribution in [0, 0.1) is 0 Å². The van der Waals surface area contributed by atoms with Crippen LogP contribution in [-0.2, 0) is 13.6 Å². The number of aryl methyl sites for hydroxylation is 1. The number of nitrogens with zero attached hydrogens (tertiary/aromatic N) is 2. The first kappa shape index (κ1) is 12.9. The Bertz CT molecular complexity index is 770. The molecule has 2 heterocycles. The molecule has 0 bridgehead atoms. The van der Waals surface area contributed by atoms with Crippen molar-refractivity contribution in [3.8, 4) is 5.75 Å². The normalized spacial score (nSPS) is 18.8. The van der Waals surface area contributed by atoms with E-state index in [2.05, 4.69) is 5.32 Å². The molecule has 1 aliphatic rings. The van der Waals surface area contributed by atoms with E-state index in [-0.39, 0.29) is 23.0 Å². The van der Waals surface area contributed by atoms with Gasteiger partial charge in [-0.25, -0.2) is 4.79 Å². The molecule has 2 aromatic rings. The third kappa shape index (κ3) is 2.02. The van der Waals surface area contributed by atoms with Crippen LogP contribution in [0.2, 0.25) is 0 Å². The molecule has 1 aromatic carbocycles. The monoisotopic (exact) mass is 275 g/mol. The molecule has 1 aliphatic heterocycles. The summed E-state index contributed by atoms with van der Waals surface area (Å²) in [6.07, 6.45) is 2.03. The maximum absolute atomic E-state index is 12.5.